The lowest BCUT2D eigenvalue weighted by molar-refractivity contribution is -0.144. The largest absolute Gasteiger partial charge is 0.277 e. The highest BCUT2D eigenvalue weighted by molar-refractivity contribution is 7.90. The average Bonchev–Trinajstić information content (AvgIpc) is 2.38. The Kier molecular flexibility index (Phi) is 4.13. The number of benzene rings is 1. The molecule has 1 fully saturated rings. The standard InChI is InChI=1S/C12H14ClNO4S/c1-19(16,17)11-8-9(4-5-10(11)13)12(15)14-6-2-3-7-18-14/h4-5,8H,2-3,6-7H2,1H3. The maximum absolute atomic E-state index is 12.2. The average molecular weight is 304 g/mol. The molecule has 0 bridgehead atoms. The molecule has 7 heteroatoms. The van der Waals surface area contributed by atoms with Crippen LogP contribution in [0.4, 0.5) is 0 Å². The first kappa shape index (κ1) is 14.3. The Bertz CT molecular complexity index is 594. The summed E-state index contributed by atoms with van der Waals surface area (Å²) in [6.45, 7) is 1.01. The van der Waals surface area contributed by atoms with E-state index in [1.807, 2.05) is 0 Å². The van der Waals surface area contributed by atoms with Crippen molar-refractivity contribution in [2.24, 2.45) is 0 Å². The zero-order valence-electron chi connectivity index (χ0n) is 10.4. The molecule has 5 nitrogen and oxygen atoms in total. The third-order valence-electron chi connectivity index (χ3n) is 2.81. The van der Waals surface area contributed by atoms with Crippen molar-refractivity contribution >= 4 is 27.3 Å². The van der Waals surface area contributed by atoms with Crippen molar-refractivity contribution in [3.63, 3.8) is 0 Å². The van der Waals surface area contributed by atoms with Gasteiger partial charge in [-0.25, -0.2) is 13.5 Å². The van der Waals surface area contributed by atoms with Gasteiger partial charge < -0.3 is 0 Å². The second-order valence-corrected chi connectivity index (χ2v) is 6.76. The fourth-order valence-electron chi connectivity index (χ4n) is 1.82. The van der Waals surface area contributed by atoms with Gasteiger partial charge in [0.1, 0.15) is 0 Å². The number of sulfone groups is 1. The number of hydroxylamine groups is 2. The number of hydrogen-bond donors (Lipinski definition) is 0. The van der Waals surface area contributed by atoms with Gasteiger partial charge in [0.2, 0.25) is 0 Å². The third-order valence-corrected chi connectivity index (χ3v) is 4.39. The van der Waals surface area contributed by atoms with Crippen molar-refractivity contribution < 1.29 is 18.0 Å². The first-order valence-corrected chi connectivity index (χ1v) is 8.11. The predicted molar refractivity (Wildman–Crippen MR) is 70.8 cm³/mol. The minimum atomic E-state index is -3.46. The van der Waals surface area contributed by atoms with Gasteiger partial charge in [0, 0.05) is 18.4 Å². The Morgan fingerprint density at radius 2 is 2.11 bits per heavy atom. The summed E-state index contributed by atoms with van der Waals surface area (Å²) < 4.78 is 23.1. The Hall–Kier alpha value is -1.11. The molecule has 104 valence electrons. The van der Waals surface area contributed by atoms with E-state index in [2.05, 4.69) is 0 Å². The van der Waals surface area contributed by atoms with Crippen LogP contribution in [0.1, 0.15) is 23.2 Å². The number of halogens is 1. The number of carbonyl (C=O) groups excluding carboxylic acids is 1. The van der Waals surface area contributed by atoms with E-state index in [-0.39, 0.29) is 21.4 Å². The Labute approximate surface area is 117 Å². The Balaban J connectivity index is 2.33. The minimum Gasteiger partial charge on any atom is -0.271 e. The van der Waals surface area contributed by atoms with Crippen LogP contribution in [0.15, 0.2) is 23.1 Å². The number of nitrogens with zero attached hydrogens (tertiary/aromatic N) is 1. The quantitative estimate of drug-likeness (QED) is 0.837. The normalized spacial score (nSPS) is 16.4. The maximum atomic E-state index is 12.2. The van der Waals surface area contributed by atoms with E-state index < -0.39 is 9.84 Å². The van der Waals surface area contributed by atoms with Crippen LogP contribution in [0.2, 0.25) is 5.02 Å². The van der Waals surface area contributed by atoms with Crippen LogP contribution < -0.4 is 0 Å². The Morgan fingerprint density at radius 1 is 1.37 bits per heavy atom. The van der Waals surface area contributed by atoms with Gasteiger partial charge >= 0.3 is 0 Å². The van der Waals surface area contributed by atoms with Crippen LogP contribution in [0, 0.1) is 0 Å². The van der Waals surface area contributed by atoms with Gasteiger partial charge in [-0.3, -0.25) is 9.63 Å². The molecule has 0 spiro atoms. The molecule has 0 N–H and O–H groups in total. The summed E-state index contributed by atoms with van der Waals surface area (Å²) in [5.41, 5.74) is 0.256. The first-order valence-electron chi connectivity index (χ1n) is 5.84. The summed E-state index contributed by atoms with van der Waals surface area (Å²) in [7, 11) is -3.46. The van der Waals surface area contributed by atoms with Gasteiger partial charge in [-0.1, -0.05) is 11.6 Å². The van der Waals surface area contributed by atoms with Gasteiger partial charge in [0.15, 0.2) is 9.84 Å². The minimum absolute atomic E-state index is 0.0444. The number of amides is 1. The van der Waals surface area contributed by atoms with Gasteiger partial charge in [-0.05, 0) is 31.0 Å². The van der Waals surface area contributed by atoms with Crippen molar-refractivity contribution in [3.8, 4) is 0 Å². The summed E-state index contributed by atoms with van der Waals surface area (Å²) >= 11 is 5.84. The lowest BCUT2D eigenvalue weighted by Crippen LogP contribution is -2.35. The zero-order valence-corrected chi connectivity index (χ0v) is 12.0. The lowest BCUT2D eigenvalue weighted by atomic mass is 10.2. The number of carbonyl (C=O) groups is 1. The van der Waals surface area contributed by atoms with Crippen LogP contribution in [0.25, 0.3) is 0 Å². The molecule has 0 aromatic heterocycles. The maximum Gasteiger partial charge on any atom is 0.277 e. The van der Waals surface area contributed by atoms with Crippen molar-refractivity contribution in [1.29, 1.82) is 0 Å². The second-order valence-electron chi connectivity index (χ2n) is 4.36. The fourth-order valence-corrected chi connectivity index (χ4v) is 3.12. The molecule has 2 rings (SSSR count). The molecule has 19 heavy (non-hydrogen) atoms. The van der Waals surface area contributed by atoms with Gasteiger partial charge in [-0.15, -0.1) is 0 Å². The predicted octanol–water partition coefficient (Wildman–Crippen LogP) is 1.91. The molecule has 0 saturated carbocycles. The van der Waals surface area contributed by atoms with Crippen molar-refractivity contribution in [2.45, 2.75) is 17.7 Å². The second kappa shape index (κ2) is 5.48. The van der Waals surface area contributed by atoms with Gasteiger partial charge in [-0.2, -0.15) is 0 Å². The molecule has 1 heterocycles. The van der Waals surface area contributed by atoms with E-state index in [1.54, 1.807) is 0 Å². The molecular formula is C12H14ClNO4S. The van der Waals surface area contributed by atoms with E-state index in [1.165, 1.54) is 23.3 Å². The molecule has 0 atom stereocenters. The highest BCUT2D eigenvalue weighted by Gasteiger charge is 2.22. The van der Waals surface area contributed by atoms with Crippen LogP contribution in [-0.2, 0) is 14.7 Å². The topological polar surface area (TPSA) is 63.7 Å². The first-order chi connectivity index (χ1) is 8.89. The molecule has 1 aliphatic heterocycles. The molecule has 1 aliphatic rings. The van der Waals surface area contributed by atoms with E-state index in [4.69, 9.17) is 16.4 Å². The molecule has 0 aliphatic carbocycles. The lowest BCUT2D eigenvalue weighted by Gasteiger charge is -2.26. The van der Waals surface area contributed by atoms with Crippen molar-refractivity contribution in [3.05, 3.63) is 28.8 Å². The number of rotatable bonds is 2. The summed E-state index contributed by atoms with van der Waals surface area (Å²) in [5.74, 6) is -0.346. The highest BCUT2D eigenvalue weighted by atomic mass is 35.5. The molecule has 1 aromatic carbocycles. The molecule has 1 aromatic rings. The summed E-state index contributed by atoms with van der Waals surface area (Å²) in [4.78, 5) is 17.4. The van der Waals surface area contributed by atoms with Gasteiger partial charge in [0.25, 0.3) is 5.91 Å². The van der Waals surface area contributed by atoms with Crippen molar-refractivity contribution in [1.82, 2.24) is 5.06 Å². The van der Waals surface area contributed by atoms with E-state index in [9.17, 15) is 13.2 Å². The molecule has 0 unspecified atom stereocenters. The van der Waals surface area contributed by atoms with Crippen LogP contribution in [0.3, 0.4) is 0 Å². The molecule has 0 radical (unpaired) electrons. The van der Waals surface area contributed by atoms with Crippen LogP contribution >= 0.6 is 11.6 Å². The Morgan fingerprint density at radius 3 is 2.68 bits per heavy atom. The smallest absolute Gasteiger partial charge is 0.271 e. The fraction of sp³-hybridized carbons (Fsp3) is 0.417. The third kappa shape index (κ3) is 3.26. The van der Waals surface area contributed by atoms with Gasteiger partial charge in [0.05, 0.1) is 16.5 Å². The van der Waals surface area contributed by atoms with E-state index in [0.717, 1.165) is 19.1 Å². The van der Waals surface area contributed by atoms with Crippen molar-refractivity contribution in [2.75, 3.05) is 19.4 Å². The summed E-state index contributed by atoms with van der Waals surface area (Å²) in [6.07, 6.45) is 2.84. The van der Waals surface area contributed by atoms with Crippen LogP contribution in [0.5, 0.6) is 0 Å². The molecule has 1 amide bonds. The summed E-state index contributed by atoms with van der Waals surface area (Å²) in [5, 5.41) is 1.37. The zero-order chi connectivity index (χ0) is 14.0. The SMILES string of the molecule is CS(=O)(=O)c1cc(C(=O)N2CCCCO2)ccc1Cl. The van der Waals surface area contributed by atoms with E-state index >= 15 is 0 Å². The highest BCUT2D eigenvalue weighted by Crippen LogP contribution is 2.23. The monoisotopic (exact) mass is 303 g/mol. The molecule has 1 saturated heterocycles. The molecular weight excluding hydrogens is 290 g/mol. The van der Waals surface area contributed by atoms with E-state index in [0.29, 0.717) is 13.2 Å². The number of hydrogen-bond acceptors (Lipinski definition) is 4. The van der Waals surface area contributed by atoms with Crippen LogP contribution in [-0.4, -0.2) is 38.8 Å². The summed E-state index contributed by atoms with van der Waals surface area (Å²) in [6, 6.07) is 4.20.